The number of nitrogen functional groups attached to an aromatic ring is 1. The Kier molecular flexibility index (Phi) is 4.60. The first-order valence-corrected chi connectivity index (χ1v) is 6.43. The number of ether oxygens (including phenoxy) is 2. The molecule has 0 saturated carbocycles. The Balaban J connectivity index is 2.03. The van der Waals surface area contributed by atoms with Gasteiger partial charge in [-0.2, -0.15) is 0 Å². The number of benzene rings is 2. The summed E-state index contributed by atoms with van der Waals surface area (Å²) < 4.78 is 10.6. The Morgan fingerprint density at radius 1 is 1.15 bits per heavy atom. The van der Waals surface area contributed by atoms with Crippen molar-refractivity contribution in [2.24, 2.45) is 0 Å². The maximum atomic E-state index is 11.6. The average molecular weight is 271 g/mol. The van der Waals surface area contributed by atoms with Crippen LogP contribution < -0.4 is 10.5 Å². The molecule has 0 aliphatic heterocycles. The van der Waals surface area contributed by atoms with E-state index in [0.29, 0.717) is 30.2 Å². The molecule has 4 nitrogen and oxygen atoms in total. The lowest BCUT2D eigenvalue weighted by atomic mass is 10.1. The first-order chi connectivity index (χ1) is 9.69. The fraction of sp³-hybridized carbons (Fsp3) is 0.188. The molecule has 2 aromatic carbocycles. The zero-order valence-corrected chi connectivity index (χ0v) is 11.3. The number of hydrogen-bond acceptors (Lipinski definition) is 4. The topological polar surface area (TPSA) is 61.5 Å². The third kappa shape index (κ3) is 3.75. The summed E-state index contributed by atoms with van der Waals surface area (Å²) in [5.41, 5.74) is 7.77. The lowest BCUT2D eigenvalue weighted by Crippen LogP contribution is -2.05. The first kappa shape index (κ1) is 13.9. The molecule has 0 bridgehead atoms. The van der Waals surface area contributed by atoms with Gasteiger partial charge in [-0.15, -0.1) is 0 Å². The lowest BCUT2D eigenvalue weighted by molar-refractivity contribution is 0.0526. The van der Waals surface area contributed by atoms with Gasteiger partial charge in [-0.25, -0.2) is 4.79 Å². The third-order valence-corrected chi connectivity index (χ3v) is 2.70. The molecule has 0 fully saturated rings. The second-order valence-electron chi connectivity index (χ2n) is 4.28. The first-order valence-electron chi connectivity index (χ1n) is 6.43. The molecule has 0 saturated heterocycles. The van der Waals surface area contributed by atoms with E-state index >= 15 is 0 Å². The number of esters is 1. The van der Waals surface area contributed by atoms with Gasteiger partial charge in [0.05, 0.1) is 12.2 Å². The van der Waals surface area contributed by atoms with E-state index in [0.717, 1.165) is 5.56 Å². The van der Waals surface area contributed by atoms with Crippen molar-refractivity contribution >= 4 is 11.7 Å². The van der Waals surface area contributed by atoms with Crippen molar-refractivity contribution in [3.05, 3.63) is 59.7 Å². The Labute approximate surface area is 118 Å². The number of nitrogens with two attached hydrogens (primary N) is 1. The highest BCUT2D eigenvalue weighted by atomic mass is 16.5. The summed E-state index contributed by atoms with van der Waals surface area (Å²) in [5, 5.41) is 0. The Bertz CT molecular complexity index is 596. The van der Waals surface area contributed by atoms with Crippen molar-refractivity contribution in [3.8, 4) is 5.75 Å². The van der Waals surface area contributed by atoms with E-state index in [-0.39, 0.29) is 5.97 Å². The Morgan fingerprint density at radius 3 is 2.70 bits per heavy atom. The van der Waals surface area contributed by atoms with Gasteiger partial charge in [0.25, 0.3) is 0 Å². The van der Waals surface area contributed by atoms with Crippen LogP contribution >= 0.6 is 0 Å². The predicted molar refractivity (Wildman–Crippen MR) is 77.6 cm³/mol. The number of carbonyl (C=O) groups is 1. The highest BCUT2D eigenvalue weighted by molar-refractivity contribution is 5.89. The van der Waals surface area contributed by atoms with Gasteiger partial charge in [0.1, 0.15) is 12.4 Å². The molecule has 2 aromatic rings. The van der Waals surface area contributed by atoms with Gasteiger partial charge >= 0.3 is 5.97 Å². The average Bonchev–Trinajstić information content (AvgIpc) is 2.46. The van der Waals surface area contributed by atoms with Crippen LogP contribution in [0.4, 0.5) is 5.69 Å². The Morgan fingerprint density at radius 2 is 1.95 bits per heavy atom. The van der Waals surface area contributed by atoms with Gasteiger partial charge in [-0.1, -0.05) is 18.2 Å². The van der Waals surface area contributed by atoms with Crippen molar-refractivity contribution < 1.29 is 14.3 Å². The molecule has 0 heterocycles. The second-order valence-corrected chi connectivity index (χ2v) is 4.28. The van der Waals surface area contributed by atoms with E-state index in [1.807, 2.05) is 24.3 Å². The maximum Gasteiger partial charge on any atom is 0.338 e. The number of hydrogen-bond donors (Lipinski definition) is 1. The molecule has 0 atom stereocenters. The molecule has 2 rings (SSSR count). The summed E-state index contributed by atoms with van der Waals surface area (Å²) in [6, 6.07) is 14.4. The fourth-order valence-electron chi connectivity index (χ4n) is 1.77. The summed E-state index contributed by atoms with van der Waals surface area (Å²) in [6.07, 6.45) is 0. The zero-order valence-electron chi connectivity index (χ0n) is 11.3. The van der Waals surface area contributed by atoms with Gasteiger partial charge in [0.2, 0.25) is 0 Å². The minimum Gasteiger partial charge on any atom is -0.489 e. The number of anilines is 1. The van der Waals surface area contributed by atoms with E-state index in [1.54, 1.807) is 31.2 Å². The van der Waals surface area contributed by atoms with Crippen molar-refractivity contribution in [2.75, 3.05) is 12.3 Å². The van der Waals surface area contributed by atoms with Crippen LogP contribution in [0.1, 0.15) is 22.8 Å². The van der Waals surface area contributed by atoms with Crippen LogP contribution in [0.5, 0.6) is 5.75 Å². The van der Waals surface area contributed by atoms with Gasteiger partial charge in [-0.05, 0) is 36.8 Å². The molecular weight excluding hydrogens is 254 g/mol. The van der Waals surface area contributed by atoms with Crippen molar-refractivity contribution in [1.29, 1.82) is 0 Å². The SMILES string of the molecule is CCOC(=O)c1cccc(COc2cccc(N)c2)c1. The van der Waals surface area contributed by atoms with Crippen LogP contribution in [0.25, 0.3) is 0 Å². The molecule has 104 valence electrons. The molecule has 0 unspecified atom stereocenters. The zero-order chi connectivity index (χ0) is 14.4. The van der Waals surface area contributed by atoms with Crippen LogP contribution in [-0.4, -0.2) is 12.6 Å². The minimum atomic E-state index is -0.321. The van der Waals surface area contributed by atoms with Gasteiger partial charge in [0, 0.05) is 11.8 Å². The van der Waals surface area contributed by atoms with E-state index < -0.39 is 0 Å². The van der Waals surface area contributed by atoms with Gasteiger partial charge < -0.3 is 15.2 Å². The number of carbonyl (C=O) groups excluding carboxylic acids is 1. The summed E-state index contributed by atoms with van der Waals surface area (Å²) in [5.74, 6) is 0.379. The van der Waals surface area contributed by atoms with E-state index in [1.165, 1.54) is 0 Å². The molecule has 4 heteroatoms. The normalized spacial score (nSPS) is 10.1. The van der Waals surface area contributed by atoms with Gasteiger partial charge in [-0.3, -0.25) is 0 Å². The molecule has 0 aliphatic carbocycles. The summed E-state index contributed by atoms with van der Waals surface area (Å²) >= 11 is 0. The smallest absolute Gasteiger partial charge is 0.338 e. The molecule has 0 aliphatic rings. The molecule has 0 amide bonds. The quantitative estimate of drug-likeness (QED) is 0.670. The third-order valence-electron chi connectivity index (χ3n) is 2.70. The molecule has 20 heavy (non-hydrogen) atoms. The molecule has 0 aromatic heterocycles. The highest BCUT2D eigenvalue weighted by Gasteiger charge is 2.07. The van der Waals surface area contributed by atoms with E-state index in [2.05, 4.69) is 0 Å². The Hall–Kier alpha value is -2.49. The molecule has 0 spiro atoms. The van der Waals surface area contributed by atoms with Crippen LogP contribution in [-0.2, 0) is 11.3 Å². The largest absolute Gasteiger partial charge is 0.489 e. The van der Waals surface area contributed by atoms with Crippen molar-refractivity contribution in [1.82, 2.24) is 0 Å². The summed E-state index contributed by atoms with van der Waals surface area (Å²) in [6.45, 7) is 2.52. The minimum absolute atomic E-state index is 0.321. The molecular formula is C16H17NO3. The maximum absolute atomic E-state index is 11.6. The summed E-state index contributed by atoms with van der Waals surface area (Å²) in [7, 11) is 0. The van der Waals surface area contributed by atoms with E-state index in [4.69, 9.17) is 15.2 Å². The fourth-order valence-corrected chi connectivity index (χ4v) is 1.77. The van der Waals surface area contributed by atoms with Gasteiger partial charge in [0.15, 0.2) is 0 Å². The lowest BCUT2D eigenvalue weighted by Gasteiger charge is -2.08. The van der Waals surface area contributed by atoms with Crippen molar-refractivity contribution in [2.45, 2.75) is 13.5 Å². The highest BCUT2D eigenvalue weighted by Crippen LogP contribution is 2.16. The molecule has 0 radical (unpaired) electrons. The standard InChI is InChI=1S/C16H17NO3/c1-2-19-16(18)13-6-3-5-12(9-13)11-20-15-8-4-7-14(17)10-15/h3-10H,2,11,17H2,1H3. The summed E-state index contributed by atoms with van der Waals surface area (Å²) in [4.78, 5) is 11.6. The van der Waals surface area contributed by atoms with Crippen LogP contribution in [0.3, 0.4) is 0 Å². The van der Waals surface area contributed by atoms with Crippen LogP contribution in [0.2, 0.25) is 0 Å². The van der Waals surface area contributed by atoms with Crippen LogP contribution in [0, 0.1) is 0 Å². The molecule has 2 N–H and O–H groups in total. The monoisotopic (exact) mass is 271 g/mol. The van der Waals surface area contributed by atoms with Crippen LogP contribution in [0.15, 0.2) is 48.5 Å². The second kappa shape index (κ2) is 6.61. The van der Waals surface area contributed by atoms with Crippen molar-refractivity contribution in [3.63, 3.8) is 0 Å². The number of rotatable bonds is 5. The predicted octanol–water partition coefficient (Wildman–Crippen LogP) is 3.02. The van der Waals surface area contributed by atoms with E-state index in [9.17, 15) is 4.79 Å².